The molecule has 0 aromatic carbocycles. The van der Waals surface area contributed by atoms with Gasteiger partial charge in [0.1, 0.15) is 5.54 Å². The van der Waals surface area contributed by atoms with Crippen LogP contribution in [0.25, 0.3) is 0 Å². The van der Waals surface area contributed by atoms with Crippen LogP contribution in [-0.2, 0) is 9.53 Å². The molecule has 0 bridgehead atoms. The van der Waals surface area contributed by atoms with Gasteiger partial charge in [-0.25, -0.2) is 4.79 Å². The van der Waals surface area contributed by atoms with Crippen molar-refractivity contribution < 1.29 is 14.3 Å². The van der Waals surface area contributed by atoms with Gasteiger partial charge in [0.05, 0.1) is 13.2 Å². The van der Waals surface area contributed by atoms with E-state index in [1.165, 1.54) is 4.90 Å². The van der Waals surface area contributed by atoms with Gasteiger partial charge < -0.3 is 15.4 Å². The van der Waals surface area contributed by atoms with Crippen LogP contribution in [-0.4, -0.2) is 55.2 Å². The monoisotopic (exact) mass is 269 g/mol. The highest BCUT2D eigenvalue weighted by molar-refractivity contribution is 6.07. The summed E-state index contributed by atoms with van der Waals surface area (Å²) in [4.78, 5) is 25.5. The van der Waals surface area contributed by atoms with E-state index in [1.807, 2.05) is 0 Å². The first-order chi connectivity index (χ1) is 9.05. The van der Waals surface area contributed by atoms with E-state index >= 15 is 0 Å². The van der Waals surface area contributed by atoms with Crippen LogP contribution in [0, 0.1) is 5.92 Å². The molecule has 1 atom stereocenters. The van der Waals surface area contributed by atoms with E-state index < -0.39 is 5.54 Å². The Hall–Kier alpha value is -1.14. The molecule has 2 fully saturated rings. The fourth-order valence-corrected chi connectivity index (χ4v) is 2.55. The lowest BCUT2D eigenvalue weighted by Gasteiger charge is -2.31. The number of carbonyl (C=O) groups excluding carboxylic acids is 2. The number of piperidine rings is 1. The predicted molar refractivity (Wildman–Crippen MR) is 70.7 cm³/mol. The second-order valence-electron chi connectivity index (χ2n) is 5.72. The zero-order valence-corrected chi connectivity index (χ0v) is 11.7. The van der Waals surface area contributed by atoms with Gasteiger partial charge in [-0.3, -0.25) is 9.69 Å². The molecular weight excluding hydrogens is 246 g/mol. The van der Waals surface area contributed by atoms with Gasteiger partial charge >= 0.3 is 6.03 Å². The van der Waals surface area contributed by atoms with Crippen molar-refractivity contribution in [2.45, 2.75) is 32.2 Å². The van der Waals surface area contributed by atoms with Crippen molar-refractivity contribution in [3.05, 3.63) is 0 Å². The molecule has 0 aromatic heterocycles. The standard InChI is InChI=1S/C13H23N3O3/c1-10(2)8-19-7-6-16-11(17)13(15-12(16)18)4-3-5-14-9-13/h10,14H,3-9H2,1-2H3,(H,15,18). The van der Waals surface area contributed by atoms with E-state index in [-0.39, 0.29) is 11.9 Å². The van der Waals surface area contributed by atoms with Crippen molar-refractivity contribution in [1.82, 2.24) is 15.5 Å². The largest absolute Gasteiger partial charge is 0.379 e. The number of hydrogen-bond acceptors (Lipinski definition) is 4. The van der Waals surface area contributed by atoms with E-state index in [1.54, 1.807) is 0 Å². The quantitative estimate of drug-likeness (QED) is 0.557. The summed E-state index contributed by atoms with van der Waals surface area (Å²) in [6.07, 6.45) is 1.62. The van der Waals surface area contributed by atoms with Crippen molar-refractivity contribution in [2.24, 2.45) is 5.92 Å². The Labute approximate surface area is 113 Å². The molecule has 0 aromatic rings. The van der Waals surface area contributed by atoms with E-state index in [2.05, 4.69) is 24.5 Å². The molecule has 108 valence electrons. The fourth-order valence-electron chi connectivity index (χ4n) is 2.55. The van der Waals surface area contributed by atoms with Gasteiger partial charge in [-0.1, -0.05) is 13.8 Å². The summed E-state index contributed by atoms with van der Waals surface area (Å²) in [5.74, 6) is 0.342. The molecule has 19 heavy (non-hydrogen) atoms. The zero-order chi connectivity index (χ0) is 13.9. The maximum absolute atomic E-state index is 12.4. The molecule has 2 heterocycles. The third-order valence-electron chi connectivity index (χ3n) is 3.54. The van der Waals surface area contributed by atoms with Crippen molar-refractivity contribution in [2.75, 3.05) is 32.8 Å². The maximum Gasteiger partial charge on any atom is 0.325 e. The van der Waals surface area contributed by atoms with Crippen molar-refractivity contribution in [3.63, 3.8) is 0 Å². The number of hydrogen-bond donors (Lipinski definition) is 2. The van der Waals surface area contributed by atoms with Crippen LogP contribution in [0.5, 0.6) is 0 Å². The van der Waals surface area contributed by atoms with Gasteiger partial charge in [-0.15, -0.1) is 0 Å². The van der Waals surface area contributed by atoms with E-state index in [0.717, 1.165) is 13.0 Å². The van der Waals surface area contributed by atoms with Crippen molar-refractivity contribution >= 4 is 11.9 Å². The number of nitrogens with one attached hydrogen (secondary N) is 2. The Morgan fingerprint density at radius 2 is 2.21 bits per heavy atom. The highest BCUT2D eigenvalue weighted by Crippen LogP contribution is 2.24. The Bertz CT molecular complexity index is 351. The average Bonchev–Trinajstić information content (AvgIpc) is 2.59. The number of urea groups is 1. The molecular formula is C13H23N3O3. The Balaban J connectivity index is 1.87. The van der Waals surface area contributed by atoms with Gasteiger partial charge in [0.25, 0.3) is 5.91 Å². The Morgan fingerprint density at radius 3 is 2.84 bits per heavy atom. The molecule has 2 N–H and O–H groups in total. The van der Waals surface area contributed by atoms with Gasteiger partial charge in [-0.2, -0.15) is 0 Å². The lowest BCUT2D eigenvalue weighted by molar-refractivity contribution is -0.132. The summed E-state index contributed by atoms with van der Waals surface area (Å²) in [6.45, 7) is 6.95. The van der Waals surface area contributed by atoms with E-state index in [9.17, 15) is 9.59 Å². The minimum Gasteiger partial charge on any atom is -0.379 e. The summed E-state index contributed by atoms with van der Waals surface area (Å²) >= 11 is 0. The summed E-state index contributed by atoms with van der Waals surface area (Å²) in [5, 5.41) is 6.02. The first kappa shape index (κ1) is 14.3. The normalized spacial score (nSPS) is 27.4. The minimum atomic E-state index is -0.715. The second-order valence-corrected chi connectivity index (χ2v) is 5.72. The number of nitrogens with zero attached hydrogens (tertiary/aromatic N) is 1. The number of rotatable bonds is 5. The number of carbonyl (C=O) groups is 2. The Morgan fingerprint density at radius 1 is 1.42 bits per heavy atom. The van der Waals surface area contributed by atoms with Gasteiger partial charge in [0.2, 0.25) is 0 Å². The lowest BCUT2D eigenvalue weighted by atomic mass is 9.90. The summed E-state index contributed by atoms with van der Waals surface area (Å²) < 4.78 is 5.44. The SMILES string of the molecule is CC(C)COCCN1C(=O)NC2(CCCNC2)C1=O. The summed E-state index contributed by atoms with van der Waals surface area (Å²) in [6, 6.07) is -0.290. The van der Waals surface area contributed by atoms with Gasteiger partial charge in [0.15, 0.2) is 0 Å². The molecule has 0 aliphatic carbocycles. The molecule has 6 nitrogen and oxygen atoms in total. The van der Waals surface area contributed by atoms with E-state index in [0.29, 0.717) is 38.6 Å². The second kappa shape index (κ2) is 5.88. The molecule has 2 saturated heterocycles. The van der Waals surface area contributed by atoms with Crippen LogP contribution in [0.4, 0.5) is 4.79 Å². The topological polar surface area (TPSA) is 70.7 Å². The van der Waals surface area contributed by atoms with Crippen LogP contribution in [0.3, 0.4) is 0 Å². The third kappa shape index (κ3) is 3.06. The molecule has 6 heteroatoms. The molecule has 0 saturated carbocycles. The molecule has 3 amide bonds. The van der Waals surface area contributed by atoms with Crippen LogP contribution < -0.4 is 10.6 Å². The highest BCUT2D eigenvalue weighted by atomic mass is 16.5. The molecule has 2 aliphatic heterocycles. The number of amides is 3. The lowest BCUT2D eigenvalue weighted by Crippen LogP contribution is -2.57. The zero-order valence-electron chi connectivity index (χ0n) is 11.7. The van der Waals surface area contributed by atoms with Crippen LogP contribution in [0.15, 0.2) is 0 Å². The first-order valence-electron chi connectivity index (χ1n) is 6.98. The maximum atomic E-state index is 12.4. The third-order valence-corrected chi connectivity index (χ3v) is 3.54. The Kier molecular flexibility index (Phi) is 4.42. The molecule has 0 radical (unpaired) electrons. The molecule has 2 aliphatic rings. The summed E-state index contributed by atoms with van der Waals surface area (Å²) in [5.41, 5.74) is -0.715. The van der Waals surface area contributed by atoms with Crippen LogP contribution >= 0.6 is 0 Å². The summed E-state index contributed by atoms with van der Waals surface area (Å²) in [7, 11) is 0. The average molecular weight is 269 g/mol. The smallest absolute Gasteiger partial charge is 0.325 e. The first-order valence-corrected chi connectivity index (χ1v) is 6.98. The van der Waals surface area contributed by atoms with Crippen LogP contribution in [0.2, 0.25) is 0 Å². The molecule has 1 spiro atoms. The van der Waals surface area contributed by atoms with Crippen molar-refractivity contribution in [1.29, 1.82) is 0 Å². The highest BCUT2D eigenvalue weighted by Gasteiger charge is 2.51. The van der Waals surface area contributed by atoms with Crippen LogP contribution in [0.1, 0.15) is 26.7 Å². The molecule has 1 unspecified atom stereocenters. The van der Waals surface area contributed by atoms with E-state index in [4.69, 9.17) is 4.74 Å². The predicted octanol–water partition coefficient (Wildman–Crippen LogP) is 0.333. The van der Waals surface area contributed by atoms with Gasteiger partial charge in [-0.05, 0) is 25.3 Å². The number of imide groups is 1. The fraction of sp³-hybridized carbons (Fsp3) is 0.846. The van der Waals surface area contributed by atoms with Crippen molar-refractivity contribution in [3.8, 4) is 0 Å². The minimum absolute atomic E-state index is 0.113. The van der Waals surface area contributed by atoms with Gasteiger partial charge in [0, 0.05) is 13.2 Å². The number of ether oxygens (including phenoxy) is 1. The molecule has 2 rings (SSSR count).